The van der Waals surface area contributed by atoms with Crippen molar-refractivity contribution in [2.24, 2.45) is 10.9 Å². The van der Waals surface area contributed by atoms with Crippen LogP contribution in [0.1, 0.15) is 36.2 Å². The van der Waals surface area contributed by atoms with Crippen molar-refractivity contribution in [2.45, 2.75) is 20.3 Å². The summed E-state index contributed by atoms with van der Waals surface area (Å²) >= 11 is 0. The molecule has 1 atom stereocenters. The van der Waals surface area contributed by atoms with E-state index >= 15 is 0 Å². The lowest BCUT2D eigenvalue weighted by molar-refractivity contribution is 0.0697. The van der Waals surface area contributed by atoms with E-state index in [4.69, 9.17) is 5.11 Å². The lowest BCUT2D eigenvalue weighted by Gasteiger charge is -2.03. The molecule has 0 aliphatic carbocycles. The maximum atomic E-state index is 10.9. The highest BCUT2D eigenvalue weighted by Gasteiger charge is 2.06. The van der Waals surface area contributed by atoms with Gasteiger partial charge in [0.2, 0.25) is 0 Å². The SMILES string of the molecule is CCC(C)C/N=C/c1ccccc1C(=O)O. The molecule has 1 aromatic rings. The van der Waals surface area contributed by atoms with Crippen LogP contribution in [0.15, 0.2) is 29.3 Å². The molecule has 1 N–H and O–H groups in total. The van der Waals surface area contributed by atoms with E-state index in [1.807, 2.05) is 6.07 Å². The van der Waals surface area contributed by atoms with Crippen molar-refractivity contribution in [1.29, 1.82) is 0 Å². The van der Waals surface area contributed by atoms with Gasteiger partial charge in [-0.15, -0.1) is 0 Å². The molecule has 0 amide bonds. The Kier molecular flexibility index (Phi) is 4.70. The van der Waals surface area contributed by atoms with Gasteiger partial charge in [0, 0.05) is 18.3 Å². The summed E-state index contributed by atoms with van der Waals surface area (Å²) in [5.41, 5.74) is 0.966. The first-order valence-corrected chi connectivity index (χ1v) is 5.47. The summed E-state index contributed by atoms with van der Waals surface area (Å²) in [5, 5.41) is 8.96. The summed E-state index contributed by atoms with van der Waals surface area (Å²) in [6, 6.07) is 6.89. The van der Waals surface area contributed by atoms with Gasteiger partial charge in [0.15, 0.2) is 0 Å². The summed E-state index contributed by atoms with van der Waals surface area (Å²) in [6.07, 6.45) is 2.73. The van der Waals surface area contributed by atoms with Crippen LogP contribution in [0, 0.1) is 5.92 Å². The number of aliphatic imine (C=N–C) groups is 1. The van der Waals surface area contributed by atoms with Crippen LogP contribution in [0.25, 0.3) is 0 Å². The van der Waals surface area contributed by atoms with Gasteiger partial charge in [-0.25, -0.2) is 4.79 Å². The number of nitrogens with zero attached hydrogens (tertiary/aromatic N) is 1. The van der Waals surface area contributed by atoms with Gasteiger partial charge in [-0.05, 0) is 12.0 Å². The minimum Gasteiger partial charge on any atom is -0.478 e. The highest BCUT2D eigenvalue weighted by atomic mass is 16.4. The molecule has 0 bridgehead atoms. The van der Waals surface area contributed by atoms with E-state index in [1.54, 1.807) is 24.4 Å². The lowest BCUT2D eigenvalue weighted by Crippen LogP contribution is -2.02. The van der Waals surface area contributed by atoms with Crippen molar-refractivity contribution in [3.05, 3.63) is 35.4 Å². The zero-order valence-corrected chi connectivity index (χ0v) is 9.68. The first kappa shape index (κ1) is 12.4. The molecule has 0 fully saturated rings. The molecule has 1 unspecified atom stereocenters. The number of carboxylic acid groups (broad SMARTS) is 1. The fraction of sp³-hybridized carbons (Fsp3) is 0.385. The molecule has 0 heterocycles. The van der Waals surface area contributed by atoms with Gasteiger partial charge in [-0.1, -0.05) is 38.5 Å². The number of rotatable bonds is 5. The molecule has 1 aromatic carbocycles. The largest absolute Gasteiger partial charge is 0.478 e. The molecule has 0 spiro atoms. The molecule has 3 nitrogen and oxygen atoms in total. The molecule has 0 aromatic heterocycles. The van der Waals surface area contributed by atoms with Gasteiger partial charge < -0.3 is 5.11 Å². The van der Waals surface area contributed by atoms with Crippen LogP contribution >= 0.6 is 0 Å². The molecule has 0 radical (unpaired) electrons. The fourth-order valence-corrected chi connectivity index (χ4v) is 1.26. The lowest BCUT2D eigenvalue weighted by atomic mass is 10.1. The van der Waals surface area contributed by atoms with Crippen molar-refractivity contribution in [2.75, 3.05) is 6.54 Å². The van der Waals surface area contributed by atoms with E-state index in [0.29, 0.717) is 17.0 Å². The number of aromatic carboxylic acids is 1. The minimum atomic E-state index is -0.911. The second kappa shape index (κ2) is 6.05. The second-order valence-electron chi connectivity index (χ2n) is 3.90. The van der Waals surface area contributed by atoms with E-state index in [2.05, 4.69) is 18.8 Å². The topological polar surface area (TPSA) is 49.7 Å². The van der Waals surface area contributed by atoms with Crippen molar-refractivity contribution in [1.82, 2.24) is 0 Å². The van der Waals surface area contributed by atoms with Crippen LogP contribution in [0.4, 0.5) is 0 Å². The maximum Gasteiger partial charge on any atom is 0.336 e. The molecule has 0 saturated heterocycles. The zero-order valence-electron chi connectivity index (χ0n) is 9.68. The van der Waals surface area contributed by atoms with Crippen molar-refractivity contribution in [3.8, 4) is 0 Å². The van der Waals surface area contributed by atoms with Crippen LogP contribution in [0.3, 0.4) is 0 Å². The van der Waals surface area contributed by atoms with Gasteiger partial charge in [-0.2, -0.15) is 0 Å². The Morgan fingerprint density at radius 1 is 1.50 bits per heavy atom. The number of hydrogen-bond donors (Lipinski definition) is 1. The number of carbonyl (C=O) groups is 1. The summed E-state index contributed by atoms with van der Waals surface area (Å²) in [4.78, 5) is 15.2. The highest BCUT2D eigenvalue weighted by Crippen LogP contribution is 2.07. The molecule has 1 rings (SSSR count). The fourth-order valence-electron chi connectivity index (χ4n) is 1.26. The van der Waals surface area contributed by atoms with Crippen LogP contribution in [-0.2, 0) is 0 Å². The quantitative estimate of drug-likeness (QED) is 0.774. The van der Waals surface area contributed by atoms with E-state index < -0.39 is 5.97 Å². The van der Waals surface area contributed by atoms with Gasteiger partial charge >= 0.3 is 5.97 Å². The van der Waals surface area contributed by atoms with Crippen molar-refractivity contribution < 1.29 is 9.90 Å². The third-order valence-corrected chi connectivity index (χ3v) is 2.54. The second-order valence-corrected chi connectivity index (χ2v) is 3.90. The summed E-state index contributed by atoms with van der Waals surface area (Å²) in [5.74, 6) is -0.376. The Labute approximate surface area is 95.8 Å². The van der Waals surface area contributed by atoms with Crippen LogP contribution < -0.4 is 0 Å². The molecule has 0 aliphatic heterocycles. The number of benzene rings is 1. The Morgan fingerprint density at radius 2 is 2.19 bits per heavy atom. The first-order chi connectivity index (χ1) is 7.65. The third-order valence-electron chi connectivity index (χ3n) is 2.54. The minimum absolute atomic E-state index is 0.301. The maximum absolute atomic E-state index is 10.9. The van der Waals surface area contributed by atoms with Crippen LogP contribution in [0.2, 0.25) is 0 Å². The first-order valence-electron chi connectivity index (χ1n) is 5.47. The van der Waals surface area contributed by atoms with Crippen LogP contribution in [0.5, 0.6) is 0 Å². The molecule has 3 heteroatoms. The Hall–Kier alpha value is -1.64. The van der Waals surface area contributed by atoms with Crippen molar-refractivity contribution >= 4 is 12.2 Å². The molecule has 0 saturated carbocycles. The van der Waals surface area contributed by atoms with Gasteiger partial charge in [-0.3, -0.25) is 4.99 Å². The molecular weight excluding hydrogens is 202 g/mol. The third kappa shape index (κ3) is 3.50. The van der Waals surface area contributed by atoms with E-state index in [1.165, 1.54) is 0 Å². The predicted octanol–water partition coefficient (Wildman–Crippen LogP) is 2.85. The Morgan fingerprint density at radius 3 is 2.81 bits per heavy atom. The van der Waals surface area contributed by atoms with E-state index in [0.717, 1.165) is 13.0 Å². The summed E-state index contributed by atoms with van der Waals surface area (Å²) in [7, 11) is 0. The average molecular weight is 219 g/mol. The van der Waals surface area contributed by atoms with E-state index in [9.17, 15) is 4.79 Å². The summed E-state index contributed by atoms with van der Waals surface area (Å²) in [6.45, 7) is 4.98. The van der Waals surface area contributed by atoms with Crippen LogP contribution in [-0.4, -0.2) is 23.8 Å². The predicted molar refractivity (Wildman–Crippen MR) is 65.3 cm³/mol. The molecule has 16 heavy (non-hydrogen) atoms. The Balaban J connectivity index is 2.76. The molecule has 0 aliphatic rings. The molecule has 86 valence electrons. The van der Waals surface area contributed by atoms with Gasteiger partial charge in [0.25, 0.3) is 0 Å². The smallest absolute Gasteiger partial charge is 0.336 e. The van der Waals surface area contributed by atoms with Crippen molar-refractivity contribution in [3.63, 3.8) is 0 Å². The summed E-state index contributed by atoms with van der Waals surface area (Å²) < 4.78 is 0. The van der Waals surface area contributed by atoms with Gasteiger partial charge in [0.1, 0.15) is 0 Å². The number of hydrogen-bond acceptors (Lipinski definition) is 2. The normalized spacial score (nSPS) is 12.9. The standard InChI is InChI=1S/C13H17NO2/c1-3-10(2)8-14-9-11-6-4-5-7-12(11)13(15)16/h4-7,9-10H,3,8H2,1-2H3,(H,15,16)/b14-9+. The number of carboxylic acids is 1. The zero-order chi connectivity index (χ0) is 12.0. The monoisotopic (exact) mass is 219 g/mol. The van der Waals surface area contributed by atoms with Gasteiger partial charge in [0.05, 0.1) is 5.56 Å². The average Bonchev–Trinajstić information content (AvgIpc) is 2.29. The van der Waals surface area contributed by atoms with E-state index in [-0.39, 0.29) is 0 Å². The molecular formula is C13H17NO2. The highest BCUT2D eigenvalue weighted by molar-refractivity contribution is 5.98. The Bertz CT molecular complexity index is 385.